The van der Waals surface area contributed by atoms with Gasteiger partial charge in [0.15, 0.2) is 5.16 Å². The van der Waals surface area contributed by atoms with Gasteiger partial charge in [-0.2, -0.15) is 0 Å². The number of thioether (sulfide) groups is 1. The molecule has 2 aromatic rings. The number of benzene rings is 1. The Bertz CT molecular complexity index is 645. The van der Waals surface area contributed by atoms with E-state index in [2.05, 4.69) is 10.2 Å². The molecule has 0 aliphatic heterocycles. The number of methoxy groups -OCH3 is 1. The number of hydrogen-bond donors (Lipinski definition) is 1. The number of aromatic nitrogens is 3. The molecule has 0 aliphatic carbocycles. The number of carbonyl (C=O) groups is 1. The first-order valence-electron chi connectivity index (χ1n) is 6.60. The summed E-state index contributed by atoms with van der Waals surface area (Å²) in [5.41, 5.74) is 6.27. The molecule has 6 nitrogen and oxygen atoms in total. The van der Waals surface area contributed by atoms with Gasteiger partial charge in [0.25, 0.3) is 0 Å². The van der Waals surface area contributed by atoms with Crippen LogP contribution < -0.4 is 5.73 Å². The molecule has 22 heavy (non-hydrogen) atoms. The Kier molecular flexibility index (Phi) is 5.82. The monoisotopic (exact) mass is 340 g/mol. The van der Waals surface area contributed by atoms with Crippen molar-refractivity contribution in [2.45, 2.75) is 24.7 Å². The molecule has 0 radical (unpaired) electrons. The van der Waals surface area contributed by atoms with Crippen molar-refractivity contribution >= 4 is 29.3 Å². The normalized spacial score (nSPS) is 12.3. The fourth-order valence-corrected chi connectivity index (χ4v) is 3.14. The zero-order valence-electron chi connectivity index (χ0n) is 12.3. The summed E-state index contributed by atoms with van der Waals surface area (Å²) in [6, 6.07) is 7.51. The fraction of sp³-hybridized carbons (Fsp3) is 0.357. The van der Waals surface area contributed by atoms with Crippen molar-refractivity contribution in [2.24, 2.45) is 5.73 Å². The van der Waals surface area contributed by atoms with Gasteiger partial charge in [0.05, 0.1) is 6.10 Å². The quantitative estimate of drug-likeness (QED) is 0.781. The molecule has 2 rings (SSSR count). The number of rotatable bonds is 7. The topological polar surface area (TPSA) is 83.0 Å². The number of halogens is 1. The highest BCUT2D eigenvalue weighted by atomic mass is 35.5. The minimum absolute atomic E-state index is 0.0692. The molecule has 1 aromatic carbocycles. The zero-order chi connectivity index (χ0) is 16.1. The van der Waals surface area contributed by atoms with Gasteiger partial charge in [0.1, 0.15) is 12.4 Å². The van der Waals surface area contributed by atoms with Crippen molar-refractivity contribution in [1.82, 2.24) is 14.8 Å². The molecule has 118 valence electrons. The van der Waals surface area contributed by atoms with E-state index in [1.807, 2.05) is 24.3 Å². The molecular formula is C14H17ClN4O2S. The van der Waals surface area contributed by atoms with Gasteiger partial charge in [-0.05, 0) is 24.6 Å². The Hall–Kier alpha value is -1.57. The third kappa shape index (κ3) is 4.22. The lowest BCUT2D eigenvalue weighted by atomic mass is 10.1. The molecule has 0 saturated heterocycles. The van der Waals surface area contributed by atoms with Crippen LogP contribution in [0.1, 0.15) is 17.5 Å². The number of carbonyl (C=O) groups excluding carboxylic acids is 1. The van der Waals surface area contributed by atoms with Crippen LogP contribution in [0.4, 0.5) is 0 Å². The molecule has 0 spiro atoms. The van der Waals surface area contributed by atoms with Crippen LogP contribution in [0.3, 0.4) is 0 Å². The molecular weight excluding hydrogens is 324 g/mol. The number of primary amides is 1. The molecule has 0 unspecified atom stereocenters. The van der Waals surface area contributed by atoms with E-state index in [9.17, 15) is 4.79 Å². The molecule has 1 heterocycles. The van der Waals surface area contributed by atoms with Crippen LogP contribution in [-0.2, 0) is 16.1 Å². The highest BCUT2D eigenvalue weighted by molar-refractivity contribution is 7.99. The second-order valence-corrected chi connectivity index (χ2v) is 6.09. The Morgan fingerprint density at radius 1 is 1.41 bits per heavy atom. The predicted molar refractivity (Wildman–Crippen MR) is 85.9 cm³/mol. The Morgan fingerprint density at radius 3 is 2.68 bits per heavy atom. The maximum atomic E-state index is 11.1. The largest absolute Gasteiger partial charge is 0.376 e. The molecule has 0 aliphatic rings. The number of nitrogens with zero attached hydrogens (tertiary/aromatic N) is 3. The highest BCUT2D eigenvalue weighted by Gasteiger charge is 2.16. The van der Waals surface area contributed by atoms with E-state index in [-0.39, 0.29) is 12.6 Å². The Balaban J connectivity index is 2.07. The van der Waals surface area contributed by atoms with Crippen LogP contribution in [0.15, 0.2) is 29.4 Å². The predicted octanol–water partition coefficient (Wildman–Crippen LogP) is 2.21. The lowest BCUT2D eigenvalue weighted by Crippen LogP contribution is -2.20. The average molecular weight is 341 g/mol. The van der Waals surface area contributed by atoms with E-state index in [1.54, 1.807) is 18.6 Å². The summed E-state index contributed by atoms with van der Waals surface area (Å²) < 4.78 is 7.21. The smallest absolute Gasteiger partial charge is 0.237 e. The van der Waals surface area contributed by atoms with Gasteiger partial charge in [0, 0.05) is 17.9 Å². The van der Waals surface area contributed by atoms with Crippen molar-refractivity contribution in [3.8, 4) is 0 Å². The average Bonchev–Trinajstić information content (AvgIpc) is 2.82. The summed E-state index contributed by atoms with van der Waals surface area (Å²) >= 11 is 7.36. The molecule has 2 N–H and O–H groups in total. The molecule has 0 fully saturated rings. The van der Waals surface area contributed by atoms with E-state index >= 15 is 0 Å². The first-order chi connectivity index (χ1) is 10.5. The lowest BCUT2D eigenvalue weighted by Gasteiger charge is -2.15. The summed E-state index contributed by atoms with van der Waals surface area (Å²) in [6.07, 6.45) is -0.110. The number of hydrogen-bond acceptors (Lipinski definition) is 5. The Morgan fingerprint density at radius 2 is 2.09 bits per heavy atom. The van der Waals surface area contributed by atoms with E-state index in [1.165, 1.54) is 11.8 Å². The van der Waals surface area contributed by atoms with Crippen LogP contribution in [-0.4, -0.2) is 33.5 Å². The SMILES string of the molecule is CO[C@@H](CSc1nnc(C)n1CC(N)=O)c1ccc(Cl)cc1. The highest BCUT2D eigenvalue weighted by Crippen LogP contribution is 2.27. The van der Waals surface area contributed by atoms with Gasteiger partial charge in [-0.15, -0.1) is 10.2 Å². The van der Waals surface area contributed by atoms with Crippen LogP contribution in [0.25, 0.3) is 0 Å². The zero-order valence-corrected chi connectivity index (χ0v) is 13.9. The van der Waals surface area contributed by atoms with Gasteiger partial charge in [-0.25, -0.2) is 0 Å². The van der Waals surface area contributed by atoms with Crippen molar-refractivity contribution in [3.63, 3.8) is 0 Å². The summed E-state index contributed by atoms with van der Waals surface area (Å²) in [6.45, 7) is 1.85. The molecule has 8 heteroatoms. The maximum absolute atomic E-state index is 11.1. The van der Waals surface area contributed by atoms with Crippen molar-refractivity contribution in [1.29, 1.82) is 0 Å². The van der Waals surface area contributed by atoms with Gasteiger partial charge in [0.2, 0.25) is 5.91 Å². The second kappa shape index (κ2) is 7.62. The first-order valence-corrected chi connectivity index (χ1v) is 7.96. The minimum Gasteiger partial charge on any atom is -0.376 e. The van der Waals surface area contributed by atoms with Gasteiger partial charge in [-0.1, -0.05) is 35.5 Å². The summed E-state index contributed by atoms with van der Waals surface area (Å²) in [5.74, 6) is 0.863. The van der Waals surface area contributed by atoms with Crippen molar-refractivity contribution in [2.75, 3.05) is 12.9 Å². The number of ether oxygens (including phenoxy) is 1. The molecule has 0 bridgehead atoms. The van der Waals surface area contributed by atoms with Crippen molar-refractivity contribution in [3.05, 3.63) is 40.7 Å². The fourth-order valence-electron chi connectivity index (χ4n) is 1.93. The van der Waals surface area contributed by atoms with Crippen LogP contribution in [0.5, 0.6) is 0 Å². The van der Waals surface area contributed by atoms with E-state index < -0.39 is 5.91 Å². The molecule has 1 amide bonds. The lowest BCUT2D eigenvalue weighted by molar-refractivity contribution is -0.118. The summed E-state index contributed by atoms with van der Waals surface area (Å²) in [5, 5.41) is 9.39. The van der Waals surface area contributed by atoms with E-state index in [0.717, 1.165) is 5.56 Å². The first kappa shape index (κ1) is 16.8. The number of aryl methyl sites for hydroxylation is 1. The molecule has 0 saturated carbocycles. The third-order valence-corrected chi connectivity index (χ3v) is 4.39. The molecule has 1 atom stereocenters. The Labute approximate surface area is 138 Å². The minimum atomic E-state index is -0.425. The standard InChI is InChI=1S/C14H17ClN4O2S/c1-9-17-18-14(19(9)7-13(16)20)22-8-12(21-2)10-3-5-11(15)6-4-10/h3-6,12H,7-8H2,1-2H3,(H2,16,20)/t12-/m0/s1. The third-order valence-electron chi connectivity index (χ3n) is 3.11. The summed E-state index contributed by atoms with van der Waals surface area (Å²) in [4.78, 5) is 11.1. The van der Waals surface area contributed by atoms with Gasteiger partial charge in [-0.3, -0.25) is 9.36 Å². The van der Waals surface area contributed by atoms with Crippen LogP contribution >= 0.6 is 23.4 Å². The van der Waals surface area contributed by atoms with Crippen molar-refractivity contribution < 1.29 is 9.53 Å². The number of nitrogens with two attached hydrogens (primary N) is 1. The van der Waals surface area contributed by atoms with Gasteiger partial charge < -0.3 is 10.5 Å². The molecule has 1 aromatic heterocycles. The van der Waals surface area contributed by atoms with E-state index in [0.29, 0.717) is 21.8 Å². The number of amides is 1. The van der Waals surface area contributed by atoms with Crippen LogP contribution in [0.2, 0.25) is 5.02 Å². The summed E-state index contributed by atoms with van der Waals surface area (Å²) in [7, 11) is 1.65. The van der Waals surface area contributed by atoms with Gasteiger partial charge >= 0.3 is 0 Å². The van der Waals surface area contributed by atoms with Crippen LogP contribution in [0, 0.1) is 6.92 Å². The van der Waals surface area contributed by atoms with E-state index in [4.69, 9.17) is 22.1 Å². The maximum Gasteiger partial charge on any atom is 0.237 e. The second-order valence-electron chi connectivity index (χ2n) is 4.67.